The lowest BCUT2D eigenvalue weighted by Crippen LogP contribution is -2.36. The van der Waals surface area contributed by atoms with Gasteiger partial charge in [0.15, 0.2) is 0 Å². The molecule has 3 amide bonds. The monoisotopic (exact) mass is 459 g/mol. The van der Waals surface area contributed by atoms with Crippen molar-refractivity contribution in [3.63, 3.8) is 0 Å². The first-order valence-electron chi connectivity index (χ1n) is 9.56. The summed E-state index contributed by atoms with van der Waals surface area (Å²) in [4.78, 5) is 41.9. The minimum atomic E-state index is -0.426. The van der Waals surface area contributed by atoms with E-state index in [1.54, 1.807) is 6.08 Å². The summed E-state index contributed by atoms with van der Waals surface area (Å²) in [6, 6.07) is 11.5. The molecule has 1 N–H and O–H groups in total. The number of thioether (sulfide) groups is 2. The van der Waals surface area contributed by atoms with Gasteiger partial charge in [-0.2, -0.15) is 11.8 Å². The average molecular weight is 460 g/mol. The minimum absolute atomic E-state index is 0.292. The zero-order valence-corrected chi connectivity index (χ0v) is 18.7. The van der Waals surface area contributed by atoms with Crippen LogP contribution >= 0.6 is 34.9 Å². The van der Waals surface area contributed by atoms with Crippen LogP contribution in [0.2, 0.25) is 0 Å². The second kappa shape index (κ2) is 9.82. The van der Waals surface area contributed by atoms with Crippen LogP contribution in [0.4, 0.5) is 10.5 Å². The summed E-state index contributed by atoms with van der Waals surface area (Å²) in [5.41, 5.74) is 1.80. The molecule has 0 atom stereocenters. The van der Waals surface area contributed by atoms with Crippen molar-refractivity contribution in [2.24, 2.45) is 0 Å². The number of benzene rings is 1. The van der Waals surface area contributed by atoms with Gasteiger partial charge in [0.2, 0.25) is 5.91 Å². The van der Waals surface area contributed by atoms with E-state index in [9.17, 15) is 14.4 Å². The van der Waals surface area contributed by atoms with E-state index in [0.29, 0.717) is 10.6 Å². The third kappa shape index (κ3) is 5.34. The van der Waals surface area contributed by atoms with E-state index in [-0.39, 0.29) is 12.5 Å². The molecule has 9 heteroatoms. The lowest BCUT2D eigenvalue weighted by molar-refractivity contribution is -0.127. The van der Waals surface area contributed by atoms with Crippen LogP contribution < -0.4 is 5.32 Å². The summed E-state index contributed by atoms with van der Waals surface area (Å²) in [7, 11) is 0. The number of amides is 3. The first-order valence-corrected chi connectivity index (χ1v) is 12.4. The molecule has 0 bridgehead atoms. The molecule has 1 aromatic heterocycles. The number of hydrogen-bond donors (Lipinski definition) is 1. The molecule has 2 aromatic rings. The standard InChI is InChI=1S/C21H21N3O3S3/c25-19(14-24-20(26)18(30-21(24)27)12-17-5-2-8-29-17)22-16-4-1-3-15(11-16)13-23-6-9-28-10-7-23/h1-5,8,11-12H,6-7,9-10,13-14H2,(H,22,25)/b18-12+. The normalized spacial score (nSPS) is 18.9. The third-order valence-electron chi connectivity index (χ3n) is 4.71. The number of hydrogen-bond acceptors (Lipinski definition) is 7. The number of thiophene rings is 1. The van der Waals surface area contributed by atoms with E-state index in [4.69, 9.17) is 0 Å². The summed E-state index contributed by atoms with van der Waals surface area (Å²) in [5.74, 6) is 1.48. The number of anilines is 1. The second-order valence-electron chi connectivity index (χ2n) is 6.92. The van der Waals surface area contributed by atoms with E-state index >= 15 is 0 Å². The Morgan fingerprint density at radius 3 is 2.73 bits per heavy atom. The predicted molar refractivity (Wildman–Crippen MR) is 125 cm³/mol. The molecule has 1 aromatic carbocycles. The van der Waals surface area contributed by atoms with Crippen molar-refractivity contribution in [1.82, 2.24) is 9.80 Å². The molecule has 0 saturated carbocycles. The van der Waals surface area contributed by atoms with Crippen LogP contribution in [-0.4, -0.2) is 58.0 Å². The van der Waals surface area contributed by atoms with Gasteiger partial charge in [0, 0.05) is 41.7 Å². The van der Waals surface area contributed by atoms with Crippen LogP contribution in [0.15, 0.2) is 46.7 Å². The molecule has 3 heterocycles. The number of imide groups is 1. The van der Waals surface area contributed by atoms with E-state index in [1.165, 1.54) is 11.3 Å². The lowest BCUT2D eigenvalue weighted by atomic mass is 10.2. The smallest absolute Gasteiger partial charge is 0.294 e. The molecule has 2 aliphatic heterocycles. The Morgan fingerprint density at radius 1 is 1.13 bits per heavy atom. The Bertz CT molecular complexity index is 969. The molecule has 4 rings (SSSR count). The molecule has 2 aliphatic rings. The first kappa shape index (κ1) is 21.2. The van der Waals surface area contributed by atoms with Crippen LogP contribution in [0.5, 0.6) is 0 Å². The summed E-state index contributed by atoms with van der Waals surface area (Å²) in [6.07, 6.45) is 1.69. The molecule has 156 valence electrons. The van der Waals surface area contributed by atoms with E-state index < -0.39 is 11.1 Å². The Balaban J connectivity index is 1.36. The number of carbonyl (C=O) groups excluding carboxylic acids is 3. The molecule has 2 fully saturated rings. The predicted octanol–water partition coefficient (Wildman–Crippen LogP) is 3.97. The molecule has 2 saturated heterocycles. The molecule has 0 unspecified atom stereocenters. The van der Waals surface area contributed by atoms with Crippen molar-refractivity contribution in [1.29, 1.82) is 0 Å². The highest BCUT2D eigenvalue weighted by Gasteiger charge is 2.36. The highest BCUT2D eigenvalue weighted by molar-refractivity contribution is 8.18. The Morgan fingerprint density at radius 2 is 1.97 bits per heavy atom. The van der Waals surface area contributed by atoms with Gasteiger partial charge in [0.1, 0.15) is 6.54 Å². The quantitative estimate of drug-likeness (QED) is 0.659. The van der Waals surface area contributed by atoms with Gasteiger partial charge in [-0.25, -0.2) is 0 Å². The second-order valence-corrected chi connectivity index (χ2v) is 10.1. The van der Waals surface area contributed by atoms with Crippen molar-refractivity contribution >= 4 is 63.7 Å². The largest absolute Gasteiger partial charge is 0.325 e. The summed E-state index contributed by atoms with van der Waals surface area (Å²) < 4.78 is 0. The zero-order valence-electron chi connectivity index (χ0n) is 16.2. The van der Waals surface area contributed by atoms with Crippen molar-refractivity contribution in [2.45, 2.75) is 6.54 Å². The third-order valence-corrected chi connectivity index (χ3v) is 7.38. The lowest BCUT2D eigenvalue weighted by Gasteiger charge is -2.26. The molecule has 0 radical (unpaired) electrons. The van der Waals surface area contributed by atoms with Gasteiger partial charge in [-0.15, -0.1) is 11.3 Å². The maximum atomic E-state index is 12.5. The molecule has 0 spiro atoms. The van der Waals surface area contributed by atoms with Gasteiger partial charge in [0.25, 0.3) is 11.1 Å². The molecular weight excluding hydrogens is 438 g/mol. The number of carbonyl (C=O) groups is 3. The molecule has 6 nitrogen and oxygen atoms in total. The fraction of sp³-hybridized carbons (Fsp3) is 0.286. The van der Waals surface area contributed by atoms with Crippen LogP contribution in [0.1, 0.15) is 10.4 Å². The van der Waals surface area contributed by atoms with Gasteiger partial charge in [0.05, 0.1) is 4.91 Å². The fourth-order valence-electron chi connectivity index (χ4n) is 3.25. The Kier molecular flexibility index (Phi) is 6.93. The number of nitrogens with one attached hydrogen (secondary N) is 1. The first-order chi connectivity index (χ1) is 14.6. The fourth-order valence-corrected chi connectivity index (χ4v) is 5.79. The van der Waals surface area contributed by atoms with Crippen molar-refractivity contribution < 1.29 is 14.4 Å². The topological polar surface area (TPSA) is 69.7 Å². The van der Waals surface area contributed by atoms with Crippen LogP contribution in [0.25, 0.3) is 6.08 Å². The van der Waals surface area contributed by atoms with Gasteiger partial charge in [-0.05, 0) is 47.0 Å². The van der Waals surface area contributed by atoms with Crippen molar-refractivity contribution in [3.05, 3.63) is 57.1 Å². The SMILES string of the molecule is O=C(CN1C(=O)S/C(=C/c2cccs2)C1=O)Nc1cccc(CN2CCSCC2)c1. The average Bonchev–Trinajstić information content (AvgIpc) is 3.33. The highest BCUT2D eigenvalue weighted by atomic mass is 32.2. The van der Waals surface area contributed by atoms with E-state index in [0.717, 1.165) is 58.2 Å². The summed E-state index contributed by atoms with van der Waals surface area (Å²) in [5, 5.41) is 4.30. The number of rotatable bonds is 6. The van der Waals surface area contributed by atoms with Gasteiger partial charge >= 0.3 is 0 Å². The van der Waals surface area contributed by atoms with Crippen LogP contribution in [0.3, 0.4) is 0 Å². The highest BCUT2D eigenvalue weighted by Crippen LogP contribution is 2.32. The van der Waals surface area contributed by atoms with Gasteiger partial charge < -0.3 is 5.32 Å². The maximum Gasteiger partial charge on any atom is 0.294 e. The van der Waals surface area contributed by atoms with E-state index in [1.807, 2.05) is 53.5 Å². The van der Waals surface area contributed by atoms with Crippen molar-refractivity contribution in [2.75, 3.05) is 36.5 Å². The Labute approximate surface area is 187 Å². The zero-order chi connectivity index (χ0) is 20.9. The Hall–Kier alpha value is -2.07. The van der Waals surface area contributed by atoms with E-state index in [2.05, 4.69) is 10.2 Å². The maximum absolute atomic E-state index is 12.5. The molecule has 30 heavy (non-hydrogen) atoms. The van der Waals surface area contributed by atoms with Crippen molar-refractivity contribution in [3.8, 4) is 0 Å². The number of nitrogens with zero attached hydrogens (tertiary/aromatic N) is 2. The summed E-state index contributed by atoms with van der Waals surface area (Å²) in [6.45, 7) is 2.69. The van der Waals surface area contributed by atoms with Gasteiger partial charge in [-0.1, -0.05) is 18.2 Å². The molecular formula is C21H21N3O3S3. The van der Waals surface area contributed by atoms with Crippen LogP contribution in [0, 0.1) is 0 Å². The summed E-state index contributed by atoms with van der Waals surface area (Å²) >= 11 is 4.33. The van der Waals surface area contributed by atoms with Gasteiger partial charge in [-0.3, -0.25) is 24.2 Å². The minimum Gasteiger partial charge on any atom is -0.325 e. The molecule has 0 aliphatic carbocycles. The van der Waals surface area contributed by atoms with Crippen LogP contribution in [-0.2, 0) is 16.1 Å².